The van der Waals surface area contributed by atoms with Crippen molar-refractivity contribution in [1.29, 1.82) is 0 Å². The third-order valence-electron chi connectivity index (χ3n) is 6.07. The Morgan fingerprint density at radius 2 is 1.85 bits per heavy atom. The number of hydrogen-bond donors (Lipinski definition) is 2. The zero-order valence-electron chi connectivity index (χ0n) is 18.6. The number of aliphatic carboxylic acids is 1. The SMILES string of the molecule is CCCNS(=O)(=O)CN1CC(c2ccc3c(c2)OCO3)[C@H](C(=O)O)[C@H]1c1ccc(OC)cc1. The fourth-order valence-electron chi connectivity index (χ4n) is 4.56. The first-order chi connectivity index (χ1) is 15.8. The third-order valence-corrected chi connectivity index (χ3v) is 7.39. The molecule has 4 rings (SSSR count). The minimum atomic E-state index is -3.63. The second kappa shape index (κ2) is 9.58. The molecule has 0 spiro atoms. The lowest BCUT2D eigenvalue weighted by Crippen LogP contribution is -2.38. The van der Waals surface area contributed by atoms with Crippen molar-refractivity contribution in [2.24, 2.45) is 5.92 Å². The number of sulfonamides is 1. The standard InChI is InChI=1S/C23H28N2O7S/c1-3-10-24-33(28,29)13-25-12-18(16-6-9-19-20(11-16)32-14-31-19)21(23(26)27)22(25)15-4-7-17(30-2)8-5-15/h4-9,11,18,21-22,24H,3,10,12-14H2,1-2H3,(H,26,27)/t18?,21-,22+/m0/s1. The van der Waals surface area contributed by atoms with E-state index in [9.17, 15) is 18.3 Å². The largest absolute Gasteiger partial charge is 0.497 e. The Morgan fingerprint density at radius 3 is 2.52 bits per heavy atom. The normalized spacial score (nSPS) is 22.4. The molecule has 2 heterocycles. The molecule has 0 aromatic heterocycles. The minimum absolute atomic E-state index is 0.119. The van der Waals surface area contributed by atoms with E-state index in [0.29, 0.717) is 30.2 Å². The van der Waals surface area contributed by atoms with Crippen LogP contribution in [-0.4, -0.2) is 57.3 Å². The molecule has 2 aromatic rings. The zero-order chi connectivity index (χ0) is 23.6. The Morgan fingerprint density at radius 1 is 1.15 bits per heavy atom. The van der Waals surface area contributed by atoms with Gasteiger partial charge in [0.25, 0.3) is 0 Å². The number of methoxy groups -OCH3 is 1. The molecule has 178 valence electrons. The maximum atomic E-state index is 12.7. The van der Waals surface area contributed by atoms with Gasteiger partial charge in [-0.25, -0.2) is 13.1 Å². The quantitative estimate of drug-likeness (QED) is 0.568. The molecule has 0 radical (unpaired) electrons. The summed E-state index contributed by atoms with van der Waals surface area (Å²) in [6.07, 6.45) is 0.665. The van der Waals surface area contributed by atoms with Crippen LogP contribution in [0.2, 0.25) is 0 Å². The van der Waals surface area contributed by atoms with E-state index in [-0.39, 0.29) is 19.2 Å². The molecule has 9 nitrogen and oxygen atoms in total. The Bertz CT molecular complexity index is 1100. The average Bonchev–Trinajstić information content (AvgIpc) is 3.41. The smallest absolute Gasteiger partial charge is 0.309 e. The van der Waals surface area contributed by atoms with Crippen molar-refractivity contribution in [1.82, 2.24) is 9.62 Å². The number of nitrogens with one attached hydrogen (secondary N) is 1. The first-order valence-corrected chi connectivity index (χ1v) is 12.5. The molecule has 3 atom stereocenters. The highest BCUT2D eigenvalue weighted by atomic mass is 32.2. The predicted octanol–water partition coefficient (Wildman–Crippen LogP) is 2.55. The summed E-state index contributed by atoms with van der Waals surface area (Å²) in [7, 11) is -2.08. The first kappa shape index (κ1) is 23.3. The van der Waals surface area contributed by atoms with Crippen molar-refractivity contribution in [3.8, 4) is 17.2 Å². The van der Waals surface area contributed by atoms with Crippen molar-refractivity contribution in [2.45, 2.75) is 25.3 Å². The number of ether oxygens (including phenoxy) is 3. The Labute approximate surface area is 193 Å². The van der Waals surface area contributed by atoms with E-state index < -0.39 is 33.9 Å². The molecule has 1 fully saturated rings. The molecule has 0 amide bonds. The Hall–Kier alpha value is -2.82. The summed E-state index contributed by atoms with van der Waals surface area (Å²) in [6.45, 7) is 2.60. The van der Waals surface area contributed by atoms with Gasteiger partial charge in [-0.2, -0.15) is 0 Å². The molecular formula is C23H28N2O7S. The second-order valence-corrected chi connectivity index (χ2v) is 9.99. The molecule has 2 aromatic carbocycles. The molecule has 0 aliphatic carbocycles. The number of likely N-dealkylation sites (tertiary alicyclic amines) is 1. The topological polar surface area (TPSA) is 114 Å². The zero-order valence-corrected chi connectivity index (χ0v) is 19.4. The highest BCUT2D eigenvalue weighted by Crippen LogP contribution is 2.47. The van der Waals surface area contributed by atoms with E-state index in [4.69, 9.17) is 14.2 Å². The number of benzene rings is 2. The van der Waals surface area contributed by atoms with Crippen LogP contribution in [0.5, 0.6) is 17.2 Å². The van der Waals surface area contributed by atoms with Gasteiger partial charge in [-0.15, -0.1) is 0 Å². The van der Waals surface area contributed by atoms with Crippen molar-refractivity contribution in [2.75, 3.05) is 32.9 Å². The summed E-state index contributed by atoms with van der Waals surface area (Å²) < 4.78 is 44.2. The fraction of sp³-hybridized carbons (Fsp3) is 0.435. The van der Waals surface area contributed by atoms with Gasteiger partial charge in [-0.3, -0.25) is 9.69 Å². The molecular weight excluding hydrogens is 448 g/mol. The lowest BCUT2D eigenvalue weighted by molar-refractivity contribution is -0.143. The molecule has 1 unspecified atom stereocenters. The highest BCUT2D eigenvalue weighted by Gasteiger charge is 2.48. The minimum Gasteiger partial charge on any atom is -0.497 e. The van der Waals surface area contributed by atoms with Crippen molar-refractivity contribution >= 4 is 16.0 Å². The Kier molecular flexibility index (Phi) is 6.78. The van der Waals surface area contributed by atoms with Crippen LogP contribution in [0.25, 0.3) is 0 Å². The molecule has 10 heteroatoms. The summed E-state index contributed by atoms with van der Waals surface area (Å²) in [4.78, 5) is 14.3. The van der Waals surface area contributed by atoms with Gasteiger partial charge >= 0.3 is 5.97 Å². The summed E-state index contributed by atoms with van der Waals surface area (Å²) in [6, 6.07) is 11.8. The van der Waals surface area contributed by atoms with Crippen LogP contribution in [0.3, 0.4) is 0 Å². The van der Waals surface area contributed by atoms with Gasteiger partial charge in [0.15, 0.2) is 11.5 Å². The fourth-order valence-corrected chi connectivity index (χ4v) is 5.87. The number of nitrogens with zero attached hydrogens (tertiary/aromatic N) is 1. The van der Waals surface area contributed by atoms with Crippen LogP contribution < -0.4 is 18.9 Å². The number of carbonyl (C=O) groups is 1. The van der Waals surface area contributed by atoms with Gasteiger partial charge in [-0.1, -0.05) is 25.1 Å². The monoisotopic (exact) mass is 476 g/mol. The van der Waals surface area contributed by atoms with E-state index in [2.05, 4.69) is 4.72 Å². The van der Waals surface area contributed by atoms with Gasteiger partial charge in [0.2, 0.25) is 16.8 Å². The van der Waals surface area contributed by atoms with Crippen molar-refractivity contribution < 1.29 is 32.5 Å². The molecule has 0 saturated carbocycles. The number of rotatable bonds is 9. The van der Waals surface area contributed by atoms with E-state index >= 15 is 0 Å². The molecule has 2 N–H and O–H groups in total. The van der Waals surface area contributed by atoms with Crippen molar-refractivity contribution in [3.63, 3.8) is 0 Å². The van der Waals surface area contributed by atoms with Crippen LogP contribution in [0.15, 0.2) is 42.5 Å². The van der Waals surface area contributed by atoms with Gasteiger partial charge in [0.05, 0.1) is 13.0 Å². The Balaban J connectivity index is 1.73. The number of carboxylic acid groups (broad SMARTS) is 1. The van der Waals surface area contributed by atoms with Crippen LogP contribution >= 0.6 is 0 Å². The summed E-state index contributed by atoms with van der Waals surface area (Å²) >= 11 is 0. The van der Waals surface area contributed by atoms with Gasteiger partial charge in [-0.05, 0) is 41.8 Å². The molecule has 0 bridgehead atoms. The van der Waals surface area contributed by atoms with Crippen LogP contribution in [-0.2, 0) is 14.8 Å². The van der Waals surface area contributed by atoms with Crippen molar-refractivity contribution in [3.05, 3.63) is 53.6 Å². The number of carboxylic acids is 1. The second-order valence-electron chi connectivity index (χ2n) is 8.21. The maximum Gasteiger partial charge on any atom is 0.309 e. The summed E-state index contributed by atoms with van der Waals surface area (Å²) in [5.41, 5.74) is 1.49. The lowest BCUT2D eigenvalue weighted by Gasteiger charge is -2.27. The van der Waals surface area contributed by atoms with Crippen LogP contribution in [0, 0.1) is 5.92 Å². The van der Waals surface area contributed by atoms with E-state index in [1.807, 2.05) is 13.0 Å². The van der Waals surface area contributed by atoms with Crippen LogP contribution in [0.4, 0.5) is 0 Å². The molecule has 2 aliphatic heterocycles. The summed E-state index contributed by atoms with van der Waals surface area (Å²) in [5, 5.41) is 10.3. The third kappa shape index (κ3) is 4.92. The number of fused-ring (bicyclic) bond motifs is 1. The van der Waals surface area contributed by atoms with Crippen LogP contribution in [0.1, 0.15) is 36.4 Å². The average molecular weight is 477 g/mol. The van der Waals surface area contributed by atoms with Gasteiger partial charge in [0, 0.05) is 25.0 Å². The van der Waals surface area contributed by atoms with Gasteiger partial charge < -0.3 is 19.3 Å². The summed E-state index contributed by atoms with van der Waals surface area (Å²) in [5.74, 6) is -0.772. The molecule has 1 saturated heterocycles. The molecule has 2 aliphatic rings. The number of hydrogen-bond acceptors (Lipinski definition) is 7. The first-order valence-electron chi connectivity index (χ1n) is 10.8. The van der Waals surface area contributed by atoms with E-state index in [0.717, 1.165) is 11.1 Å². The maximum absolute atomic E-state index is 12.7. The van der Waals surface area contributed by atoms with E-state index in [1.165, 1.54) is 0 Å². The highest BCUT2D eigenvalue weighted by molar-refractivity contribution is 7.89. The predicted molar refractivity (Wildman–Crippen MR) is 121 cm³/mol. The van der Waals surface area contributed by atoms with Gasteiger partial charge in [0.1, 0.15) is 11.6 Å². The van der Waals surface area contributed by atoms with E-state index in [1.54, 1.807) is 48.4 Å². The lowest BCUT2D eigenvalue weighted by atomic mass is 9.83. The molecule has 33 heavy (non-hydrogen) atoms.